The fraction of sp³-hybridized carbons (Fsp3) is 0.250. The van der Waals surface area contributed by atoms with Crippen LogP contribution >= 0.6 is 11.3 Å². The van der Waals surface area contributed by atoms with Crippen LogP contribution in [0.25, 0.3) is 10.9 Å². The number of carbonyl (C=O) groups excluding carboxylic acids is 1. The molecule has 0 spiro atoms. The molecular formula is C20H18N4O2S. The minimum atomic E-state index is -0.385. The zero-order chi connectivity index (χ0) is 19.0. The second kappa shape index (κ2) is 6.89. The number of nitrogens with zero attached hydrogens (tertiary/aromatic N) is 2. The van der Waals surface area contributed by atoms with E-state index in [1.54, 1.807) is 0 Å². The largest absolute Gasteiger partial charge is 0.370 e. The first-order chi connectivity index (χ1) is 13.1. The molecule has 3 aromatic rings. The van der Waals surface area contributed by atoms with Crippen molar-refractivity contribution < 1.29 is 4.79 Å². The lowest BCUT2D eigenvalue weighted by Crippen LogP contribution is -2.47. The summed E-state index contributed by atoms with van der Waals surface area (Å²) in [7, 11) is 1.89. The van der Waals surface area contributed by atoms with Gasteiger partial charge in [0.25, 0.3) is 5.56 Å². The van der Waals surface area contributed by atoms with E-state index < -0.39 is 0 Å². The highest BCUT2D eigenvalue weighted by Gasteiger charge is 2.38. The van der Waals surface area contributed by atoms with Crippen molar-refractivity contribution in [3.63, 3.8) is 0 Å². The molecule has 7 heteroatoms. The lowest BCUT2D eigenvalue weighted by molar-refractivity contribution is -0.122. The van der Waals surface area contributed by atoms with Crippen LogP contribution in [0.4, 0.5) is 10.7 Å². The molecule has 136 valence electrons. The number of nitrogens with one attached hydrogen (secondary N) is 2. The molecule has 1 aromatic carbocycles. The van der Waals surface area contributed by atoms with Crippen LogP contribution in [0.15, 0.2) is 46.6 Å². The summed E-state index contributed by atoms with van der Waals surface area (Å²) in [6.45, 7) is 0. The first kappa shape index (κ1) is 17.3. The highest BCUT2D eigenvalue weighted by Crippen LogP contribution is 2.37. The maximum Gasteiger partial charge on any atom is 0.268 e. The van der Waals surface area contributed by atoms with E-state index in [2.05, 4.69) is 10.3 Å². The zero-order valence-corrected chi connectivity index (χ0v) is 15.5. The number of hydrogen-bond donors (Lipinski definition) is 2. The second-order valence-corrected chi connectivity index (χ2v) is 7.68. The van der Waals surface area contributed by atoms with Gasteiger partial charge in [-0.25, -0.2) is 0 Å². The molecule has 2 aromatic heterocycles. The molecule has 1 amide bonds. The van der Waals surface area contributed by atoms with Crippen LogP contribution in [0.5, 0.6) is 0 Å². The molecule has 0 saturated heterocycles. The van der Waals surface area contributed by atoms with Gasteiger partial charge in [0.2, 0.25) is 5.91 Å². The molecule has 27 heavy (non-hydrogen) atoms. The van der Waals surface area contributed by atoms with Crippen molar-refractivity contribution >= 4 is 38.8 Å². The fourth-order valence-electron chi connectivity index (χ4n) is 3.57. The van der Waals surface area contributed by atoms with E-state index in [0.717, 1.165) is 10.4 Å². The number of rotatable bonds is 4. The van der Waals surface area contributed by atoms with Crippen LogP contribution in [0.3, 0.4) is 0 Å². The van der Waals surface area contributed by atoms with Crippen LogP contribution in [-0.4, -0.2) is 24.0 Å². The van der Waals surface area contributed by atoms with E-state index in [1.165, 1.54) is 11.3 Å². The third-order valence-electron chi connectivity index (χ3n) is 5.16. The van der Waals surface area contributed by atoms with Gasteiger partial charge in [0.15, 0.2) is 0 Å². The number of aromatic amines is 1. The number of aromatic nitrogens is 1. The molecule has 0 atom stereocenters. The van der Waals surface area contributed by atoms with E-state index in [0.29, 0.717) is 24.0 Å². The van der Waals surface area contributed by atoms with Gasteiger partial charge in [0.1, 0.15) is 11.6 Å². The number of thiophene rings is 1. The molecule has 1 aliphatic rings. The van der Waals surface area contributed by atoms with Crippen LogP contribution in [0, 0.1) is 17.2 Å². The maximum atomic E-state index is 12.4. The summed E-state index contributed by atoms with van der Waals surface area (Å²) in [6, 6.07) is 13.4. The molecule has 1 aliphatic carbocycles. The van der Waals surface area contributed by atoms with Gasteiger partial charge in [-0.15, -0.1) is 11.3 Å². The van der Waals surface area contributed by atoms with E-state index in [1.807, 2.05) is 59.8 Å². The van der Waals surface area contributed by atoms with Crippen molar-refractivity contribution in [3.8, 4) is 6.07 Å². The normalized spacial score (nSPS) is 18.5. The Morgan fingerprint density at radius 2 is 2.07 bits per heavy atom. The number of fused-ring (bicyclic) bond motifs is 1. The van der Waals surface area contributed by atoms with Gasteiger partial charge in [-0.2, -0.15) is 5.26 Å². The van der Waals surface area contributed by atoms with E-state index in [4.69, 9.17) is 0 Å². The van der Waals surface area contributed by atoms with Gasteiger partial charge >= 0.3 is 0 Å². The topological polar surface area (TPSA) is 89.0 Å². The summed E-state index contributed by atoms with van der Waals surface area (Å²) in [4.78, 5) is 29.4. The highest BCUT2D eigenvalue weighted by atomic mass is 32.1. The number of carbonyl (C=O) groups is 1. The Morgan fingerprint density at radius 1 is 1.30 bits per heavy atom. The molecule has 2 heterocycles. The summed E-state index contributed by atoms with van der Waals surface area (Å²) < 4.78 is 0. The summed E-state index contributed by atoms with van der Waals surface area (Å²) in [5.41, 5.74) is 1.07. The van der Waals surface area contributed by atoms with Crippen molar-refractivity contribution in [1.82, 2.24) is 4.98 Å². The molecule has 6 nitrogen and oxygen atoms in total. The maximum absolute atomic E-state index is 12.4. The van der Waals surface area contributed by atoms with Crippen molar-refractivity contribution in [2.45, 2.75) is 18.9 Å². The quantitative estimate of drug-likeness (QED) is 0.729. The molecule has 4 rings (SSSR count). The van der Waals surface area contributed by atoms with Crippen LogP contribution in [0.2, 0.25) is 0 Å². The number of H-pyrrole nitrogens is 1. The van der Waals surface area contributed by atoms with Gasteiger partial charge in [-0.05, 0) is 36.4 Å². The first-order valence-electron chi connectivity index (χ1n) is 8.71. The average Bonchev–Trinajstić information content (AvgIpc) is 3.12. The molecule has 0 aliphatic heterocycles. The summed E-state index contributed by atoms with van der Waals surface area (Å²) in [5.74, 6) is -0.0308. The Morgan fingerprint density at radius 3 is 2.78 bits per heavy atom. The Hall–Kier alpha value is -3.11. The standard InChI is InChI=1S/C20H18N4O2S/c1-24(13-9-12(10-13)19(25)23-17-7-4-8-27-17)18-14-5-2-3-6-16(14)22-20(26)15(18)11-21/h2-8,12-13H,9-10H2,1H3,(H,22,26)(H,23,25). The molecule has 2 N–H and O–H groups in total. The van der Waals surface area contributed by atoms with Crippen molar-refractivity contribution in [2.24, 2.45) is 5.92 Å². The summed E-state index contributed by atoms with van der Waals surface area (Å²) in [6.07, 6.45) is 1.39. The van der Waals surface area contributed by atoms with Crippen LogP contribution in [-0.2, 0) is 4.79 Å². The van der Waals surface area contributed by atoms with Gasteiger partial charge in [0.05, 0.1) is 16.2 Å². The highest BCUT2D eigenvalue weighted by molar-refractivity contribution is 7.14. The number of benzene rings is 1. The molecule has 0 bridgehead atoms. The third kappa shape index (κ3) is 3.09. The Balaban J connectivity index is 1.56. The Kier molecular flexibility index (Phi) is 4.42. The lowest BCUT2D eigenvalue weighted by Gasteiger charge is -2.42. The zero-order valence-electron chi connectivity index (χ0n) is 14.7. The van der Waals surface area contributed by atoms with E-state index in [9.17, 15) is 14.9 Å². The smallest absolute Gasteiger partial charge is 0.268 e. The third-order valence-corrected chi connectivity index (χ3v) is 5.94. The molecule has 0 unspecified atom stereocenters. The van der Waals surface area contributed by atoms with E-state index >= 15 is 0 Å². The Bertz CT molecular complexity index is 1090. The SMILES string of the molecule is CN(c1c(C#N)c(=O)[nH]c2ccccc12)C1CC(C(=O)Nc2cccs2)C1. The van der Waals surface area contributed by atoms with Crippen LogP contribution < -0.4 is 15.8 Å². The molecule has 0 radical (unpaired) electrons. The average molecular weight is 378 g/mol. The van der Waals surface area contributed by atoms with Crippen molar-refractivity contribution in [1.29, 1.82) is 5.26 Å². The minimum Gasteiger partial charge on any atom is -0.370 e. The molecule has 1 saturated carbocycles. The number of amides is 1. The fourth-order valence-corrected chi connectivity index (χ4v) is 4.19. The van der Waals surface area contributed by atoms with Crippen molar-refractivity contribution in [3.05, 3.63) is 57.7 Å². The van der Waals surface area contributed by atoms with Gasteiger partial charge in [-0.1, -0.05) is 18.2 Å². The van der Waals surface area contributed by atoms with E-state index in [-0.39, 0.29) is 29.0 Å². The number of hydrogen-bond acceptors (Lipinski definition) is 5. The van der Waals surface area contributed by atoms with Gasteiger partial charge in [0, 0.05) is 24.4 Å². The lowest BCUT2D eigenvalue weighted by atomic mass is 9.78. The van der Waals surface area contributed by atoms with Crippen LogP contribution in [0.1, 0.15) is 18.4 Å². The Labute approximate surface area is 160 Å². The van der Waals surface area contributed by atoms with Crippen molar-refractivity contribution in [2.75, 3.05) is 17.3 Å². The summed E-state index contributed by atoms with van der Waals surface area (Å²) in [5, 5.41) is 16.1. The number of pyridine rings is 1. The number of anilines is 2. The summed E-state index contributed by atoms with van der Waals surface area (Å²) >= 11 is 1.50. The first-order valence-corrected chi connectivity index (χ1v) is 9.58. The number of para-hydroxylation sites is 1. The van der Waals surface area contributed by atoms with Gasteiger partial charge < -0.3 is 15.2 Å². The number of nitriles is 1. The van der Waals surface area contributed by atoms with Gasteiger partial charge in [-0.3, -0.25) is 9.59 Å². The predicted octanol–water partition coefficient (Wildman–Crippen LogP) is 3.31. The predicted molar refractivity (Wildman–Crippen MR) is 107 cm³/mol. The molecule has 1 fully saturated rings. The second-order valence-electron chi connectivity index (χ2n) is 6.73. The minimum absolute atomic E-state index is 0.0263. The monoisotopic (exact) mass is 378 g/mol. The molecular weight excluding hydrogens is 360 g/mol.